The van der Waals surface area contributed by atoms with Crippen LogP contribution in [-0.4, -0.2) is 10.1 Å². The monoisotopic (exact) mass is 882 g/mol. The second kappa shape index (κ2) is 13.5. The standard InChI is InChI=1S/C64H58N4/c1-60(2)47-24-12-8-20-39(47)41-28-29-51-52(53(41)60)43-22-10-14-26-49(43)67(51)58-45(36-65)46(37-66)59(57-56(58)63(31-16-6-17-32-63)38-64(57)33-18-7-19-34-64)68-50-27-15-11-23-44(50)55-54-42(30-35-62(55,68)5)40-21-9-13-25-48(40)61(54,3)4/h8-15,20-30,35,55H,6-7,16-19,31-34,38H2,1-5H3. The molecule has 0 bridgehead atoms. The van der Waals surface area contributed by atoms with Gasteiger partial charge in [-0.2, -0.15) is 10.5 Å². The smallest absolute Gasteiger partial charge is 0.103 e. The summed E-state index contributed by atoms with van der Waals surface area (Å²) >= 11 is 0. The summed E-state index contributed by atoms with van der Waals surface area (Å²) in [6.07, 6.45) is 17.6. The molecule has 0 saturated heterocycles. The maximum absolute atomic E-state index is 12.2. The molecule has 2 unspecified atom stereocenters. The van der Waals surface area contributed by atoms with E-state index in [1.807, 2.05) is 0 Å². The topological polar surface area (TPSA) is 55.8 Å². The van der Waals surface area contributed by atoms with Crippen molar-refractivity contribution >= 4 is 38.8 Å². The van der Waals surface area contributed by atoms with E-state index < -0.39 is 5.54 Å². The third kappa shape index (κ3) is 4.75. The molecule has 2 atom stereocenters. The zero-order valence-electron chi connectivity index (χ0n) is 40.2. The SMILES string of the molecule is CC1(C)C2=C(C=CC3(C)C2c2ccccc2N3c2c(C#N)c(C#N)c(-n3c4ccccc4c4c5c(ccc43)-c3ccccc3C5(C)C)c3c2C2(CCCCC2)CC32CCCCC2)c2ccccc21. The molecule has 0 amide bonds. The van der Waals surface area contributed by atoms with Gasteiger partial charge in [-0.1, -0.05) is 169 Å². The lowest BCUT2D eigenvalue weighted by atomic mass is 9.64. The van der Waals surface area contributed by atoms with Crippen molar-refractivity contribution in [2.75, 3.05) is 4.90 Å². The molecule has 1 aliphatic heterocycles. The van der Waals surface area contributed by atoms with Crippen LogP contribution in [0, 0.1) is 22.7 Å². The van der Waals surface area contributed by atoms with Crippen molar-refractivity contribution in [3.05, 3.63) is 177 Å². The van der Waals surface area contributed by atoms with Crippen LogP contribution in [-0.2, 0) is 21.7 Å². The molecule has 0 radical (unpaired) electrons. The average Bonchev–Trinajstić information content (AvgIpc) is 4.05. The van der Waals surface area contributed by atoms with E-state index in [0.717, 1.165) is 54.5 Å². The number of hydrogen-bond acceptors (Lipinski definition) is 3. The van der Waals surface area contributed by atoms with E-state index in [0.29, 0.717) is 11.1 Å². The Morgan fingerprint density at radius 1 is 0.544 bits per heavy atom. The number of allylic oxidation sites excluding steroid dienone is 2. The number of nitriles is 2. The molecular weight excluding hydrogens is 825 g/mol. The molecule has 14 rings (SSSR count). The first-order valence-electron chi connectivity index (χ1n) is 25.7. The highest BCUT2D eigenvalue weighted by molar-refractivity contribution is 6.15. The van der Waals surface area contributed by atoms with E-state index in [2.05, 4.69) is 178 Å². The predicted octanol–water partition coefficient (Wildman–Crippen LogP) is 15.9. The molecule has 4 heteroatoms. The van der Waals surface area contributed by atoms with E-state index in [-0.39, 0.29) is 27.6 Å². The van der Waals surface area contributed by atoms with Gasteiger partial charge in [0.05, 0.1) is 39.1 Å². The number of hydrogen-bond donors (Lipinski definition) is 0. The second-order valence-corrected chi connectivity index (χ2v) is 23.1. The molecule has 4 nitrogen and oxygen atoms in total. The van der Waals surface area contributed by atoms with Crippen LogP contribution in [0.15, 0.2) is 127 Å². The third-order valence-corrected chi connectivity index (χ3v) is 19.1. The van der Waals surface area contributed by atoms with Crippen molar-refractivity contribution < 1.29 is 0 Å². The van der Waals surface area contributed by atoms with Crippen LogP contribution in [0.5, 0.6) is 0 Å². The molecule has 2 fully saturated rings. The first-order valence-corrected chi connectivity index (χ1v) is 25.7. The molecule has 334 valence electrons. The number of nitrogens with zero attached hydrogens (tertiary/aromatic N) is 4. The largest absolute Gasteiger partial charge is 0.329 e. The predicted molar refractivity (Wildman–Crippen MR) is 277 cm³/mol. The highest BCUT2D eigenvalue weighted by atomic mass is 15.2. The fourth-order valence-electron chi connectivity index (χ4n) is 16.6. The minimum Gasteiger partial charge on any atom is -0.329 e. The molecule has 2 saturated carbocycles. The number of para-hydroxylation sites is 2. The normalized spacial score (nSPS) is 23.5. The summed E-state index contributed by atoms with van der Waals surface area (Å²) in [6.45, 7) is 12.1. The van der Waals surface area contributed by atoms with Gasteiger partial charge in [0.15, 0.2) is 0 Å². The van der Waals surface area contributed by atoms with Crippen LogP contribution in [0.25, 0.3) is 44.2 Å². The summed E-state index contributed by atoms with van der Waals surface area (Å²) in [7, 11) is 0. The first kappa shape index (κ1) is 40.4. The van der Waals surface area contributed by atoms with E-state index in [4.69, 9.17) is 0 Å². The quantitative estimate of drug-likeness (QED) is 0.174. The van der Waals surface area contributed by atoms with Crippen molar-refractivity contribution in [1.82, 2.24) is 4.57 Å². The lowest BCUT2D eigenvalue weighted by Gasteiger charge is -2.46. The van der Waals surface area contributed by atoms with Crippen molar-refractivity contribution in [2.24, 2.45) is 0 Å². The maximum Gasteiger partial charge on any atom is 0.103 e. The summed E-state index contributed by atoms with van der Waals surface area (Å²) in [5.74, 6) is 0.0489. The minimum absolute atomic E-state index is 0.0489. The highest BCUT2D eigenvalue weighted by Crippen LogP contribution is 2.70. The van der Waals surface area contributed by atoms with Crippen LogP contribution < -0.4 is 4.90 Å². The summed E-state index contributed by atoms with van der Waals surface area (Å²) in [4.78, 5) is 2.63. The minimum atomic E-state index is -0.540. The average molecular weight is 883 g/mol. The third-order valence-electron chi connectivity index (χ3n) is 19.1. The molecule has 7 aliphatic rings. The fraction of sp³-hybridized carbons (Fsp3) is 0.344. The molecule has 6 aliphatic carbocycles. The summed E-state index contributed by atoms with van der Waals surface area (Å²) in [6, 6.07) is 46.5. The highest BCUT2D eigenvalue weighted by Gasteiger charge is 2.61. The van der Waals surface area contributed by atoms with Crippen LogP contribution in [0.3, 0.4) is 0 Å². The van der Waals surface area contributed by atoms with Gasteiger partial charge in [-0.25, -0.2) is 0 Å². The number of anilines is 2. The van der Waals surface area contributed by atoms with Gasteiger partial charge < -0.3 is 9.47 Å². The zero-order chi connectivity index (χ0) is 46.1. The van der Waals surface area contributed by atoms with E-state index >= 15 is 0 Å². The molecule has 68 heavy (non-hydrogen) atoms. The number of benzene rings is 6. The number of rotatable bonds is 2. The Labute approximate surface area is 401 Å². The first-order chi connectivity index (χ1) is 33.0. The van der Waals surface area contributed by atoms with Crippen LogP contribution in [0.4, 0.5) is 11.4 Å². The number of aromatic nitrogens is 1. The number of fused-ring (bicyclic) bond motifs is 16. The van der Waals surface area contributed by atoms with Gasteiger partial charge in [0.2, 0.25) is 0 Å². The van der Waals surface area contributed by atoms with Gasteiger partial charge in [-0.05, 0) is 129 Å². The zero-order valence-corrected chi connectivity index (χ0v) is 40.2. The fourth-order valence-corrected chi connectivity index (χ4v) is 16.6. The van der Waals surface area contributed by atoms with Crippen LogP contribution in [0.2, 0.25) is 0 Å². The molecule has 2 heterocycles. The molecule has 1 aromatic heterocycles. The van der Waals surface area contributed by atoms with Gasteiger partial charge in [-0.3, -0.25) is 0 Å². The second-order valence-electron chi connectivity index (χ2n) is 23.1. The Morgan fingerprint density at radius 2 is 1.13 bits per heavy atom. The van der Waals surface area contributed by atoms with Crippen LogP contribution >= 0.6 is 0 Å². The van der Waals surface area contributed by atoms with Gasteiger partial charge in [0.1, 0.15) is 12.1 Å². The molecule has 0 N–H and O–H groups in total. The van der Waals surface area contributed by atoms with Crippen molar-refractivity contribution in [3.8, 4) is 29.0 Å². The Bertz CT molecular complexity index is 3560. The van der Waals surface area contributed by atoms with Gasteiger partial charge in [0.25, 0.3) is 0 Å². The summed E-state index contributed by atoms with van der Waals surface area (Å²) < 4.78 is 2.50. The van der Waals surface area contributed by atoms with Gasteiger partial charge >= 0.3 is 0 Å². The van der Waals surface area contributed by atoms with E-state index in [1.54, 1.807) is 0 Å². The van der Waals surface area contributed by atoms with Crippen LogP contribution in [0.1, 0.15) is 161 Å². The van der Waals surface area contributed by atoms with Crippen molar-refractivity contribution in [1.29, 1.82) is 10.5 Å². The Hall–Kier alpha value is -6.62. The van der Waals surface area contributed by atoms with Crippen molar-refractivity contribution in [2.45, 2.75) is 138 Å². The molecule has 2 spiro atoms. The molecule has 6 aromatic carbocycles. The lowest BCUT2D eigenvalue weighted by Crippen LogP contribution is -2.46. The Morgan fingerprint density at radius 3 is 1.84 bits per heavy atom. The van der Waals surface area contributed by atoms with Crippen molar-refractivity contribution in [3.63, 3.8) is 0 Å². The summed E-state index contributed by atoms with van der Waals surface area (Å²) in [5, 5.41) is 26.8. The molecule has 7 aromatic rings. The Kier molecular flexibility index (Phi) is 8.06. The lowest BCUT2D eigenvalue weighted by molar-refractivity contribution is 0.204. The molecular formula is C64H58N4. The maximum atomic E-state index is 12.2. The van der Waals surface area contributed by atoms with E-state index in [1.165, 1.54) is 116 Å². The Balaban J connectivity index is 1.13. The summed E-state index contributed by atoms with van der Waals surface area (Å²) in [5.41, 5.74) is 20.2. The van der Waals surface area contributed by atoms with Gasteiger partial charge in [0, 0.05) is 33.2 Å². The van der Waals surface area contributed by atoms with Gasteiger partial charge in [-0.15, -0.1) is 0 Å². The van der Waals surface area contributed by atoms with E-state index in [9.17, 15) is 10.5 Å².